The van der Waals surface area contributed by atoms with Crippen molar-refractivity contribution in [1.29, 1.82) is 0 Å². The molecule has 0 unspecified atom stereocenters. The normalized spacial score (nSPS) is 34.0. The summed E-state index contributed by atoms with van der Waals surface area (Å²) >= 11 is 0. The first-order chi connectivity index (χ1) is 10.3. The highest BCUT2D eigenvalue weighted by Gasteiger charge is 2.45. The lowest BCUT2D eigenvalue weighted by molar-refractivity contribution is -0.207. The zero-order valence-corrected chi connectivity index (χ0v) is 12.8. The molecule has 3 aliphatic heterocycles. The first-order valence-corrected chi connectivity index (χ1v) is 8.03. The van der Waals surface area contributed by atoms with Gasteiger partial charge in [0.1, 0.15) is 0 Å². The van der Waals surface area contributed by atoms with Gasteiger partial charge in [-0.3, -0.25) is 9.63 Å². The number of carbonyl (C=O) groups is 1. The van der Waals surface area contributed by atoms with E-state index < -0.39 is 0 Å². The van der Waals surface area contributed by atoms with E-state index in [9.17, 15) is 4.79 Å². The largest absolute Gasteiger partial charge is 0.383 e. The fraction of sp³-hybridized carbons (Fsp3) is 0.933. The molecule has 0 aliphatic carbocycles. The summed E-state index contributed by atoms with van der Waals surface area (Å²) in [6.07, 6.45) is 2.08. The van der Waals surface area contributed by atoms with Crippen molar-refractivity contribution in [2.75, 3.05) is 59.7 Å². The van der Waals surface area contributed by atoms with Crippen LogP contribution in [0.1, 0.15) is 12.8 Å². The Balaban J connectivity index is 1.61. The van der Waals surface area contributed by atoms with Crippen LogP contribution in [-0.4, -0.2) is 75.6 Å². The quantitative estimate of drug-likeness (QED) is 0.751. The number of rotatable bonds is 4. The van der Waals surface area contributed by atoms with Crippen LogP contribution in [0.5, 0.6) is 0 Å². The van der Waals surface area contributed by atoms with Gasteiger partial charge in [-0.15, -0.1) is 0 Å². The van der Waals surface area contributed by atoms with Gasteiger partial charge in [0.05, 0.1) is 32.3 Å². The topological polar surface area (TPSA) is 51.2 Å². The third kappa shape index (κ3) is 3.39. The monoisotopic (exact) mass is 298 g/mol. The number of carbonyl (C=O) groups excluding carboxylic acids is 1. The molecule has 3 fully saturated rings. The van der Waals surface area contributed by atoms with Crippen LogP contribution in [0.4, 0.5) is 0 Å². The van der Waals surface area contributed by atoms with Gasteiger partial charge >= 0.3 is 0 Å². The molecule has 3 aliphatic rings. The minimum atomic E-state index is -0.0469. The molecule has 0 spiro atoms. The van der Waals surface area contributed by atoms with Crippen molar-refractivity contribution in [2.45, 2.75) is 12.8 Å². The number of hydrogen-bond acceptors (Lipinski definition) is 5. The van der Waals surface area contributed by atoms with Gasteiger partial charge in [0, 0.05) is 33.3 Å². The van der Waals surface area contributed by atoms with Crippen molar-refractivity contribution in [1.82, 2.24) is 9.96 Å². The SMILES string of the molecule is COCCN1C[C@H]2COC[C@H](C(=O)N3CCCCO3)[C@H]2C1. The molecule has 0 radical (unpaired) electrons. The van der Waals surface area contributed by atoms with Crippen LogP contribution < -0.4 is 0 Å². The number of ether oxygens (including phenoxy) is 2. The number of nitrogens with zero attached hydrogens (tertiary/aromatic N) is 2. The van der Waals surface area contributed by atoms with Crippen molar-refractivity contribution < 1.29 is 19.1 Å². The summed E-state index contributed by atoms with van der Waals surface area (Å²) in [5, 5.41) is 1.58. The maximum absolute atomic E-state index is 12.7. The predicted molar refractivity (Wildman–Crippen MR) is 76.5 cm³/mol. The van der Waals surface area contributed by atoms with Crippen molar-refractivity contribution in [3.8, 4) is 0 Å². The Hall–Kier alpha value is -0.690. The molecule has 21 heavy (non-hydrogen) atoms. The Labute approximate surface area is 126 Å². The molecular weight excluding hydrogens is 272 g/mol. The van der Waals surface area contributed by atoms with E-state index in [0.29, 0.717) is 25.0 Å². The van der Waals surface area contributed by atoms with Crippen molar-refractivity contribution in [3.05, 3.63) is 0 Å². The van der Waals surface area contributed by atoms with Gasteiger partial charge in [0.15, 0.2) is 0 Å². The predicted octanol–water partition coefficient (Wildman–Crippen LogP) is 0.381. The Morgan fingerprint density at radius 2 is 2.19 bits per heavy atom. The van der Waals surface area contributed by atoms with Crippen LogP contribution in [0.3, 0.4) is 0 Å². The summed E-state index contributed by atoms with van der Waals surface area (Å²) in [5.74, 6) is 0.940. The molecule has 0 aromatic heterocycles. The minimum absolute atomic E-state index is 0.0469. The fourth-order valence-electron chi connectivity index (χ4n) is 3.70. The van der Waals surface area contributed by atoms with E-state index in [1.165, 1.54) is 0 Å². The van der Waals surface area contributed by atoms with Crippen molar-refractivity contribution in [3.63, 3.8) is 0 Å². The molecule has 3 atom stereocenters. The molecular formula is C15H26N2O4. The van der Waals surface area contributed by atoms with E-state index in [1.807, 2.05) is 0 Å². The number of amides is 1. The highest BCUT2D eigenvalue weighted by Crippen LogP contribution is 2.35. The van der Waals surface area contributed by atoms with Crippen molar-refractivity contribution in [2.24, 2.45) is 17.8 Å². The zero-order valence-electron chi connectivity index (χ0n) is 12.8. The second-order valence-corrected chi connectivity index (χ2v) is 6.30. The molecule has 3 heterocycles. The Bertz CT molecular complexity index is 360. The Morgan fingerprint density at radius 3 is 2.95 bits per heavy atom. The van der Waals surface area contributed by atoms with Gasteiger partial charge < -0.3 is 14.4 Å². The van der Waals surface area contributed by atoms with Gasteiger partial charge in [0.25, 0.3) is 5.91 Å². The van der Waals surface area contributed by atoms with E-state index in [-0.39, 0.29) is 11.8 Å². The molecule has 0 aromatic carbocycles. The first kappa shape index (κ1) is 15.2. The molecule has 0 bridgehead atoms. The summed E-state index contributed by atoms with van der Waals surface area (Å²) in [5.41, 5.74) is 0. The highest BCUT2D eigenvalue weighted by molar-refractivity contribution is 5.78. The fourth-order valence-corrected chi connectivity index (χ4v) is 3.70. The van der Waals surface area contributed by atoms with E-state index in [4.69, 9.17) is 14.3 Å². The molecule has 0 N–H and O–H groups in total. The summed E-state index contributed by atoms with van der Waals surface area (Å²) < 4.78 is 10.9. The number of fused-ring (bicyclic) bond motifs is 1. The molecule has 120 valence electrons. The Kier molecular flexibility index (Phi) is 5.11. The van der Waals surface area contributed by atoms with Crippen molar-refractivity contribution >= 4 is 5.91 Å². The zero-order chi connectivity index (χ0) is 14.7. The van der Waals surface area contributed by atoms with Crippen LogP contribution in [0, 0.1) is 17.8 Å². The van der Waals surface area contributed by atoms with Gasteiger partial charge in [-0.05, 0) is 24.7 Å². The van der Waals surface area contributed by atoms with Crippen LogP contribution >= 0.6 is 0 Å². The van der Waals surface area contributed by atoms with E-state index in [2.05, 4.69) is 4.90 Å². The third-order valence-electron chi connectivity index (χ3n) is 4.89. The standard InChI is InChI=1S/C15H26N2O4/c1-19-7-5-16-8-12-10-20-11-14(13(12)9-16)15(18)17-4-2-3-6-21-17/h12-14H,2-11H2,1H3/t12-,13-,14-/m0/s1. The molecule has 3 rings (SSSR count). The molecule has 1 amide bonds. The van der Waals surface area contributed by atoms with Gasteiger partial charge in [-0.1, -0.05) is 0 Å². The van der Waals surface area contributed by atoms with Crippen LogP contribution in [0.2, 0.25) is 0 Å². The average Bonchev–Trinajstić information content (AvgIpc) is 2.96. The van der Waals surface area contributed by atoms with Gasteiger partial charge in [0.2, 0.25) is 0 Å². The summed E-state index contributed by atoms with van der Waals surface area (Å²) in [6, 6.07) is 0. The van der Waals surface area contributed by atoms with Gasteiger partial charge in [-0.2, -0.15) is 0 Å². The lowest BCUT2D eigenvalue weighted by atomic mass is 9.82. The Morgan fingerprint density at radius 1 is 1.29 bits per heavy atom. The van der Waals surface area contributed by atoms with Crippen LogP contribution in [0.15, 0.2) is 0 Å². The molecule has 0 aromatic rings. The number of hydrogen-bond donors (Lipinski definition) is 0. The molecule has 0 saturated carbocycles. The molecule has 6 nitrogen and oxygen atoms in total. The number of likely N-dealkylation sites (tertiary alicyclic amines) is 1. The van der Waals surface area contributed by atoms with Crippen LogP contribution in [0.25, 0.3) is 0 Å². The van der Waals surface area contributed by atoms with Gasteiger partial charge in [-0.25, -0.2) is 5.06 Å². The maximum Gasteiger partial charge on any atom is 0.251 e. The lowest BCUT2D eigenvalue weighted by Crippen LogP contribution is -2.47. The third-order valence-corrected chi connectivity index (χ3v) is 4.89. The minimum Gasteiger partial charge on any atom is -0.383 e. The summed E-state index contributed by atoms with van der Waals surface area (Å²) in [7, 11) is 1.73. The van der Waals surface area contributed by atoms with E-state index in [0.717, 1.165) is 52.2 Å². The number of methoxy groups -OCH3 is 1. The smallest absolute Gasteiger partial charge is 0.251 e. The van der Waals surface area contributed by atoms with E-state index in [1.54, 1.807) is 12.2 Å². The first-order valence-electron chi connectivity index (χ1n) is 8.03. The van der Waals surface area contributed by atoms with Crippen LogP contribution in [-0.2, 0) is 19.1 Å². The summed E-state index contributed by atoms with van der Waals surface area (Å²) in [4.78, 5) is 20.6. The maximum atomic E-state index is 12.7. The highest BCUT2D eigenvalue weighted by atomic mass is 16.7. The lowest BCUT2D eigenvalue weighted by Gasteiger charge is -2.36. The second-order valence-electron chi connectivity index (χ2n) is 6.30. The second kappa shape index (κ2) is 7.05. The van der Waals surface area contributed by atoms with E-state index >= 15 is 0 Å². The average molecular weight is 298 g/mol. The summed E-state index contributed by atoms with van der Waals surface area (Å²) in [6.45, 7) is 6.36. The molecule has 6 heteroatoms. The molecule has 3 saturated heterocycles. The number of hydroxylamine groups is 2.